The van der Waals surface area contributed by atoms with E-state index in [0.717, 1.165) is 6.07 Å². The molecule has 0 amide bonds. The van der Waals surface area contributed by atoms with Gasteiger partial charge in [-0.1, -0.05) is 17.7 Å². The molecule has 1 N–H and O–H groups in total. The minimum absolute atomic E-state index is 0.0598. The van der Waals surface area contributed by atoms with E-state index >= 15 is 0 Å². The topological polar surface area (TPSA) is 131 Å². The highest BCUT2D eigenvalue weighted by atomic mass is 35.5. The smallest absolute Gasteiger partial charge is 0.417 e. The number of thiophene rings is 1. The summed E-state index contributed by atoms with van der Waals surface area (Å²) in [5, 5.41) is 21.5. The lowest BCUT2D eigenvalue weighted by Gasteiger charge is -2.19. The van der Waals surface area contributed by atoms with Gasteiger partial charge in [0, 0.05) is 50.2 Å². The zero-order valence-corrected chi connectivity index (χ0v) is 27.0. The SMILES string of the molecule is Cc1cc(-c2cc(Cl)ccc2OCCn2c(C)nc3cc(C(F)(F)F)c(-c4cccnc4C)c(C#N)c3c2=O)c2scc(C(=O)O)c2n1. The molecule has 0 spiro atoms. The number of aryl methyl sites for hydroxylation is 3. The van der Waals surface area contributed by atoms with Crippen LogP contribution in [0.2, 0.25) is 5.02 Å². The minimum atomic E-state index is -4.84. The van der Waals surface area contributed by atoms with Gasteiger partial charge in [-0.2, -0.15) is 18.4 Å². The van der Waals surface area contributed by atoms with Gasteiger partial charge < -0.3 is 9.84 Å². The quantitative estimate of drug-likeness (QED) is 0.179. The number of alkyl halides is 3. The van der Waals surface area contributed by atoms with E-state index in [0.29, 0.717) is 37.8 Å². The summed E-state index contributed by atoms with van der Waals surface area (Å²) >= 11 is 7.58. The summed E-state index contributed by atoms with van der Waals surface area (Å²) < 4.78 is 51.1. The fourth-order valence-corrected chi connectivity index (χ4v) is 6.87. The largest absolute Gasteiger partial charge is 0.491 e. The molecule has 6 rings (SSSR count). The van der Waals surface area contributed by atoms with Crippen LogP contribution in [0.1, 0.15) is 38.7 Å². The number of rotatable bonds is 7. The molecule has 14 heteroatoms. The molecule has 0 aliphatic carbocycles. The van der Waals surface area contributed by atoms with E-state index in [1.54, 1.807) is 31.2 Å². The molecule has 0 atom stereocenters. The monoisotopic (exact) mass is 689 g/mol. The molecule has 48 heavy (non-hydrogen) atoms. The van der Waals surface area contributed by atoms with Gasteiger partial charge in [0.25, 0.3) is 5.56 Å². The third-order valence-electron chi connectivity index (χ3n) is 7.82. The number of carbonyl (C=O) groups is 1. The first-order chi connectivity index (χ1) is 22.8. The molecule has 0 saturated carbocycles. The summed E-state index contributed by atoms with van der Waals surface area (Å²) in [6.45, 7) is 4.62. The second-order valence-electron chi connectivity index (χ2n) is 10.9. The average molecular weight is 690 g/mol. The van der Waals surface area contributed by atoms with Crippen molar-refractivity contribution in [2.24, 2.45) is 0 Å². The lowest BCUT2D eigenvalue weighted by atomic mass is 9.91. The Morgan fingerprint density at radius 3 is 2.56 bits per heavy atom. The van der Waals surface area contributed by atoms with Crippen LogP contribution in [0.4, 0.5) is 13.2 Å². The first kappa shape index (κ1) is 32.6. The van der Waals surface area contributed by atoms with Crippen LogP contribution in [0.15, 0.2) is 58.8 Å². The van der Waals surface area contributed by atoms with Crippen molar-refractivity contribution in [1.82, 2.24) is 19.5 Å². The van der Waals surface area contributed by atoms with Crippen LogP contribution in [0.3, 0.4) is 0 Å². The summed E-state index contributed by atoms with van der Waals surface area (Å²) in [7, 11) is 0. The van der Waals surface area contributed by atoms with Gasteiger partial charge >= 0.3 is 12.1 Å². The van der Waals surface area contributed by atoms with Crippen molar-refractivity contribution in [3.63, 3.8) is 0 Å². The van der Waals surface area contributed by atoms with Gasteiger partial charge in [-0.25, -0.2) is 9.78 Å². The number of fused-ring (bicyclic) bond motifs is 2. The van der Waals surface area contributed by atoms with E-state index in [-0.39, 0.29) is 46.7 Å². The van der Waals surface area contributed by atoms with E-state index in [1.165, 1.54) is 53.5 Å². The Balaban J connectivity index is 1.42. The van der Waals surface area contributed by atoms with Crippen LogP contribution < -0.4 is 10.3 Å². The fourth-order valence-electron chi connectivity index (χ4n) is 5.69. The standard InChI is InChI=1S/C34H23ClF3N5O4S/c1-16-11-22(31-30(41-16)24(15-48-31)33(45)46)21-12-19(35)6-7-27(21)47-10-9-43-18(3)42-26-13-25(34(36,37)38)28(20-5-4-8-40-17(20)2)23(14-39)29(26)32(43)44/h4-8,11-13,15H,9-10H2,1-3H3,(H,45,46). The van der Waals surface area contributed by atoms with Gasteiger partial charge in [-0.3, -0.25) is 19.3 Å². The third kappa shape index (κ3) is 5.74. The Bertz CT molecular complexity index is 2400. The molecule has 9 nitrogen and oxygen atoms in total. The first-order valence-electron chi connectivity index (χ1n) is 14.3. The molecule has 0 aliphatic heterocycles. The van der Waals surface area contributed by atoms with E-state index in [4.69, 9.17) is 16.3 Å². The van der Waals surface area contributed by atoms with E-state index in [1.807, 2.05) is 6.07 Å². The number of ether oxygens (including phenoxy) is 1. The van der Waals surface area contributed by atoms with Crippen molar-refractivity contribution in [2.45, 2.75) is 33.5 Å². The molecule has 0 bridgehead atoms. The second-order valence-corrected chi connectivity index (χ2v) is 12.2. The molecule has 4 heterocycles. The summed E-state index contributed by atoms with van der Waals surface area (Å²) in [6.07, 6.45) is -3.42. The third-order valence-corrected chi connectivity index (χ3v) is 9.06. The Morgan fingerprint density at radius 2 is 1.88 bits per heavy atom. The molecule has 0 saturated heterocycles. The molecule has 0 fully saturated rings. The zero-order valence-electron chi connectivity index (χ0n) is 25.4. The van der Waals surface area contributed by atoms with Gasteiger partial charge in [0.1, 0.15) is 24.3 Å². The normalized spacial score (nSPS) is 11.6. The molecule has 0 radical (unpaired) electrons. The Morgan fingerprint density at radius 1 is 1.10 bits per heavy atom. The van der Waals surface area contributed by atoms with Gasteiger partial charge in [-0.05, 0) is 57.2 Å². The van der Waals surface area contributed by atoms with Gasteiger partial charge in [0.2, 0.25) is 0 Å². The van der Waals surface area contributed by atoms with Crippen LogP contribution in [-0.4, -0.2) is 37.2 Å². The maximum atomic E-state index is 14.3. The number of carboxylic acid groups (broad SMARTS) is 1. The van der Waals surface area contributed by atoms with Crippen LogP contribution in [0.5, 0.6) is 5.75 Å². The molecule has 242 valence electrons. The van der Waals surface area contributed by atoms with E-state index in [9.17, 15) is 33.1 Å². The summed E-state index contributed by atoms with van der Waals surface area (Å²) in [5.41, 5.74) is -0.367. The van der Waals surface area contributed by atoms with Crippen LogP contribution in [0, 0.1) is 32.1 Å². The number of hydrogen-bond acceptors (Lipinski definition) is 8. The molecule has 4 aromatic heterocycles. The summed E-state index contributed by atoms with van der Waals surface area (Å²) in [5.74, 6) is -0.589. The van der Waals surface area contributed by atoms with Crippen molar-refractivity contribution in [1.29, 1.82) is 5.26 Å². The lowest BCUT2D eigenvalue weighted by molar-refractivity contribution is -0.137. The Labute approximate surface area is 279 Å². The number of nitriles is 1. The van der Waals surface area contributed by atoms with Crippen molar-refractivity contribution < 1.29 is 27.8 Å². The number of carboxylic acids is 1. The maximum Gasteiger partial charge on any atom is 0.417 e. The number of halogens is 4. The van der Waals surface area contributed by atoms with Gasteiger partial charge in [0.15, 0.2) is 0 Å². The van der Waals surface area contributed by atoms with Gasteiger partial charge in [-0.15, -0.1) is 11.3 Å². The van der Waals surface area contributed by atoms with Crippen LogP contribution >= 0.6 is 22.9 Å². The van der Waals surface area contributed by atoms with E-state index < -0.39 is 34.4 Å². The van der Waals surface area contributed by atoms with Crippen molar-refractivity contribution in [3.05, 3.63) is 103 Å². The second kappa shape index (κ2) is 12.4. The first-order valence-corrected chi connectivity index (χ1v) is 15.6. The number of nitrogens with zero attached hydrogens (tertiary/aromatic N) is 5. The molecule has 0 aliphatic rings. The number of aromatic carboxylic acids is 1. The highest BCUT2D eigenvalue weighted by Crippen LogP contribution is 2.43. The number of benzene rings is 2. The zero-order chi connectivity index (χ0) is 34.5. The predicted molar refractivity (Wildman–Crippen MR) is 176 cm³/mol. The molecule has 2 aromatic carbocycles. The number of hydrogen-bond donors (Lipinski definition) is 1. The predicted octanol–water partition coefficient (Wildman–Crippen LogP) is 7.98. The van der Waals surface area contributed by atoms with Gasteiger partial charge in [0.05, 0.1) is 44.4 Å². The van der Waals surface area contributed by atoms with E-state index in [2.05, 4.69) is 15.0 Å². The molecular weight excluding hydrogens is 667 g/mol. The molecule has 6 aromatic rings. The lowest BCUT2D eigenvalue weighted by Crippen LogP contribution is -2.27. The minimum Gasteiger partial charge on any atom is -0.491 e. The number of aromatic nitrogens is 4. The van der Waals surface area contributed by atoms with Crippen molar-refractivity contribution >= 4 is 50.0 Å². The maximum absolute atomic E-state index is 14.3. The molecule has 0 unspecified atom stereocenters. The Hall–Kier alpha value is -5.32. The summed E-state index contributed by atoms with van der Waals surface area (Å²) in [4.78, 5) is 38.5. The molecular formula is C34H23ClF3N5O4S. The van der Waals surface area contributed by atoms with Crippen molar-refractivity contribution in [3.8, 4) is 34.1 Å². The fraction of sp³-hybridized carbons (Fsp3) is 0.176. The summed E-state index contributed by atoms with van der Waals surface area (Å²) in [6, 6.07) is 12.3. The highest BCUT2D eigenvalue weighted by molar-refractivity contribution is 7.18. The average Bonchev–Trinajstić information content (AvgIpc) is 3.46. The van der Waals surface area contributed by atoms with Crippen molar-refractivity contribution in [2.75, 3.05) is 6.61 Å². The number of pyridine rings is 2. The Kier molecular flexibility index (Phi) is 8.40. The van der Waals surface area contributed by atoms with Crippen LogP contribution in [0.25, 0.3) is 43.4 Å². The van der Waals surface area contributed by atoms with Crippen LogP contribution in [-0.2, 0) is 12.7 Å². The highest BCUT2D eigenvalue weighted by Gasteiger charge is 2.37.